The molecule has 2 aliphatic heterocycles. The van der Waals surface area contributed by atoms with E-state index < -0.39 is 11.9 Å². The average Bonchev–Trinajstić information content (AvgIpc) is 3.41. The predicted octanol–water partition coefficient (Wildman–Crippen LogP) is 3.59. The maximum absolute atomic E-state index is 13.2. The molecule has 1 unspecified atom stereocenters. The first-order valence-corrected chi connectivity index (χ1v) is 15.7. The van der Waals surface area contributed by atoms with Gasteiger partial charge in [0.1, 0.15) is 5.60 Å². The molecule has 0 aliphatic carbocycles. The molecule has 3 aromatic carbocycles. The topological polar surface area (TPSA) is 135 Å². The molecule has 0 saturated carbocycles. The number of carbonyl (C=O) groups is 3. The highest BCUT2D eigenvalue weighted by Gasteiger charge is 2.44. The van der Waals surface area contributed by atoms with Gasteiger partial charge in [0.15, 0.2) is 0 Å². The van der Waals surface area contributed by atoms with Gasteiger partial charge in [-0.3, -0.25) is 4.79 Å². The molecule has 2 N–H and O–H groups in total. The molecule has 9 nitrogen and oxygen atoms in total. The number of carboxylic acids is 2. The Balaban J connectivity index is 0.000000533. The number of carbonyl (C=O) groups excluding carboxylic acids is 2. The van der Waals surface area contributed by atoms with E-state index in [1.54, 1.807) is 34.1 Å². The number of amides is 1. The monoisotopic (exact) mass is 663 g/mol. The molecule has 1 fully saturated rings. The SMILES string of the molecule is CN(CC(CC[NH+]1CCC2(CC1)OCc1ccccc12)c1ccc(Cl)c(Cl)c1)C(=O)c1ccc(C#N)cc1.O=C([O-])/C=C/C(=O)O. The minimum absolute atomic E-state index is 0.0659. The van der Waals surface area contributed by atoms with Crippen LogP contribution in [0.1, 0.15) is 57.8 Å². The first-order valence-electron chi connectivity index (χ1n) is 14.9. The van der Waals surface area contributed by atoms with Crippen molar-refractivity contribution < 1.29 is 34.2 Å². The number of carboxylic acid groups (broad SMARTS) is 2. The van der Waals surface area contributed by atoms with Crippen molar-refractivity contribution in [3.05, 3.63) is 117 Å². The third kappa shape index (κ3) is 8.95. The molecular weight excluding hydrogens is 629 g/mol. The van der Waals surface area contributed by atoms with Crippen LogP contribution < -0.4 is 10.0 Å². The van der Waals surface area contributed by atoms with Crippen LogP contribution in [0.3, 0.4) is 0 Å². The van der Waals surface area contributed by atoms with Crippen molar-refractivity contribution in [1.29, 1.82) is 5.26 Å². The molecule has 1 saturated heterocycles. The summed E-state index contributed by atoms with van der Waals surface area (Å²) in [5.74, 6) is -2.76. The minimum Gasteiger partial charge on any atom is -0.545 e. The van der Waals surface area contributed by atoms with E-state index in [-0.39, 0.29) is 17.4 Å². The second kappa shape index (κ2) is 15.9. The molecule has 2 heterocycles. The van der Waals surface area contributed by atoms with E-state index in [4.69, 9.17) is 38.3 Å². The fourth-order valence-electron chi connectivity index (χ4n) is 6.02. The molecule has 3 aromatic rings. The van der Waals surface area contributed by atoms with E-state index in [9.17, 15) is 19.5 Å². The van der Waals surface area contributed by atoms with Crippen molar-refractivity contribution in [2.45, 2.75) is 37.4 Å². The number of nitrogens with one attached hydrogen (secondary N) is 1. The van der Waals surface area contributed by atoms with Crippen molar-refractivity contribution in [3.8, 4) is 6.07 Å². The fourth-order valence-corrected chi connectivity index (χ4v) is 6.33. The van der Waals surface area contributed by atoms with Crippen molar-refractivity contribution in [2.24, 2.45) is 0 Å². The third-order valence-electron chi connectivity index (χ3n) is 8.50. The lowest BCUT2D eigenvalue weighted by Crippen LogP contribution is -3.13. The molecule has 5 rings (SSSR count). The Bertz CT molecular complexity index is 1610. The number of benzene rings is 3. The highest BCUT2D eigenvalue weighted by atomic mass is 35.5. The number of fused-ring (bicyclic) bond motifs is 2. The highest BCUT2D eigenvalue weighted by molar-refractivity contribution is 6.42. The Morgan fingerprint density at radius 3 is 2.37 bits per heavy atom. The summed E-state index contributed by atoms with van der Waals surface area (Å²) < 4.78 is 6.35. The lowest BCUT2D eigenvalue weighted by molar-refractivity contribution is -0.908. The standard InChI is InChI=1S/C31H31Cl2N3O2.C4H4O4/c1-35(30(37)23-8-6-22(19-34)7-9-23)20-25(24-10-11-28(32)29(33)18-24)12-15-36-16-13-31(14-17-36)27-5-3-2-4-26(27)21-38-31;5-3(6)1-2-4(7)8/h2-11,18,25H,12-17,20-21H2,1H3;1-2H,(H,5,6)(H,7,8)/b;2-1+. The van der Waals surface area contributed by atoms with Crippen LogP contribution in [0.4, 0.5) is 0 Å². The minimum atomic E-state index is -1.51. The summed E-state index contributed by atoms with van der Waals surface area (Å²) in [5.41, 5.74) is 4.76. The summed E-state index contributed by atoms with van der Waals surface area (Å²) in [6.07, 6.45) is 3.90. The molecule has 46 heavy (non-hydrogen) atoms. The van der Waals surface area contributed by atoms with Gasteiger partial charge in [0, 0.05) is 50.4 Å². The summed E-state index contributed by atoms with van der Waals surface area (Å²) in [6, 6.07) is 23.3. The lowest BCUT2D eigenvalue weighted by Gasteiger charge is -2.37. The Morgan fingerprint density at radius 1 is 1.07 bits per heavy atom. The van der Waals surface area contributed by atoms with Gasteiger partial charge >= 0.3 is 5.97 Å². The van der Waals surface area contributed by atoms with Gasteiger partial charge in [0.2, 0.25) is 0 Å². The number of rotatable bonds is 9. The van der Waals surface area contributed by atoms with Gasteiger partial charge in [-0.2, -0.15) is 5.26 Å². The van der Waals surface area contributed by atoms with E-state index in [0.29, 0.717) is 46.5 Å². The van der Waals surface area contributed by atoms with Crippen molar-refractivity contribution >= 4 is 41.0 Å². The number of aliphatic carboxylic acids is 2. The summed E-state index contributed by atoms with van der Waals surface area (Å²) >= 11 is 12.6. The third-order valence-corrected chi connectivity index (χ3v) is 9.24. The lowest BCUT2D eigenvalue weighted by atomic mass is 9.83. The Hall–Kier alpha value is -4.20. The largest absolute Gasteiger partial charge is 0.545 e. The van der Waals surface area contributed by atoms with Crippen LogP contribution in [0.15, 0.2) is 78.9 Å². The molecular formula is C35H35Cl2N3O6. The summed E-state index contributed by atoms with van der Waals surface area (Å²) in [5, 5.41) is 27.3. The summed E-state index contributed by atoms with van der Waals surface area (Å²) in [4.78, 5) is 35.5. The number of halogens is 2. The van der Waals surface area contributed by atoms with Crippen LogP contribution in [0, 0.1) is 11.3 Å². The molecule has 1 spiro atoms. The first-order chi connectivity index (χ1) is 22.0. The van der Waals surface area contributed by atoms with Gasteiger partial charge < -0.3 is 29.5 Å². The number of piperidine rings is 1. The zero-order valence-corrected chi connectivity index (χ0v) is 26.9. The Labute approximate surface area is 278 Å². The molecule has 2 aliphatic rings. The Morgan fingerprint density at radius 2 is 1.76 bits per heavy atom. The zero-order valence-electron chi connectivity index (χ0n) is 25.4. The molecule has 1 amide bonds. The van der Waals surface area contributed by atoms with E-state index in [0.717, 1.165) is 44.5 Å². The predicted molar refractivity (Wildman–Crippen MR) is 171 cm³/mol. The van der Waals surface area contributed by atoms with Gasteiger partial charge in [0.25, 0.3) is 5.91 Å². The number of likely N-dealkylation sites (N-methyl/N-ethyl adjacent to an activating group) is 1. The van der Waals surface area contributed by atoms with Gasteiger partial charge in [-0.05, 0) is 59.2 Å². The highest BCUT2D eigenvalue weighted by Crippen LogP contribution is 2.42. The molecule has 0 radical (unpaired) electrons. The number of nitriles is 1. The summed E-state index contributed by atoms with van der Waals surface area (Å²) in [6.45, 7) is 4.39. The molecule has 0 aromatic heterocycles. The molecule has 1 atom stereocenters. The second-order valence-electron chi connectivity index (χ2n) is 11.5. The molecule has 11 heteroatoms. The van der Waals surface area contributed by atoms with Crippen molar-refractivity contribution in [2.75, 3.05) is 33.2 Å². The van der Waals surface area contributed by atoms with Crippen LogP contribution in [0.25, 0.3) is 0 Å². The van der Waals surface area contributed by atoms with Crippen molar-refractivity contribution in [1.82, 2.24) is 4.90 Å². The van der Waals surface area contributed by atoms with E-state index in [1.807, 2.05) is 25.2 Å². The Kier molecular flexibility index (Phi) is 12.0. The number of nitrogens with zero attached hydrogens (tertiary/aromatic N) is 2. The second-order valence-corrected chi connectivity index (χ2v) is 12.3. The number of quaternary nitrogens is 1. The molecule has 0 bridgehead atoms. The number of likely N-dealkylation sites (tertiary alicyclic amines) is 1. The average molecular weight is 665 g/mol. The van der Waals surface area contributed by atoms with E-state index in [1.165, 1.54) is 11.1 Å². The molecule has 240 valence electrons. The van der Waals surface area contributed by atoms with Crippen LogP contribution in [-0.2, 0) is 26.5 Å². The smallest absolute Gasteiger partial charge is 0.328 e. The van der Waals surface area contributed by atoms with Gasteiger partial charge in [-0.1, -0.05) is 53.5 Å². The number of hydrogen-bond acceptors (Lipinski definition) is 6. The normalized spacial score (nSPS) is 19.0. The maximum atomic E-state index is 13.2. The summed E-state index contributed by atoms with van der Waals surface area (Å²) in [7, 11) is 1.83. The number of ether oxygens (including phenoxy) is 1. The van der Waals surface area contributed by atoms with Crippen LogP contribution >= 0.6 is 23.2 Å². The maximum Gasteiger partial charge on any atom is 0.328 e. The van der Waals surface area contributed by atoms with E-state index in [2.05, 4.69) is 30.3 Å². The number of hydrogen-bond donors (Lipinski definition) is 2. The van der Waals surface area contributed by atoms with Crippen molar-refractivity contribution in [3.63, 3.8) is 0 Å². The van der Waals surface area contributed by atoms with Crippen LogP contribution in [0.5, 0.6) is 0 Å². The fraction of sp³-hybridized carbons (Fsp3) is 0.314. The van der Waals surface area contributed by atoms with Crippen LogP contribution in [-0.4, -0.2) is 61.1 Å². The van der Waals surface area contributed by atoms with E-state index >= 15 is 0 Å². The quantitative estimate of drug-likeness (QED) is 0.334. The van der Waals surface area contributed by atoms with Crippen LogP contribution in [0.2, 0.25) is 10.0 Å². The zero-order chi connectivity index (χ0) is 33.3. The van der Waals surface area contributed by atoms with Gasteiger partial charge in [-0.15, -0.1) is 0 Å². The van der Waals surface area contributed by atoms with Gasteiger partial charge in [-0.25, -0.2) is 4.79 Å². The first kappa shape index (κ1) is 34.7. The van der Waals surface area contributed by atoms with Gasteiger partial charge in [0.05, 0.1) is 53.9 Å².